The number of hydrogen-bond acceptors (Lipinski definition) is 0. The molecule has 0 saturated heterocycles. The van der Waals surface area contributed by atoms with Gasteiger partial charge in [0.2, 0.25) is 0 Å². The Labute approximate surface area is 124 Å². The molecule has 0 radical (unpaired) electrons. The molecule has 17 heavy (non-hydrogen) atoms. The maximum atomic E-state index is 2.41. The molecule has 98 valence electrons. The Morgan fingerprint density at radius 3 is 1.65 bits per heavy atom. The molecule has 1 aliphatic rings. The fourth-order valence-electron chi connectivity index (χ4n) is 2.06. The quantitative estimate of drug-likeness (QED) is 0.492. The molecule has 0 fully saturated rings. The second-order valence-corrected chi connectivity index (χ2v) is 7.24. The monoisotopic (exact) mass is 427 g/mol. The first-order valence-electron chi connectivity index (χ1n) is 4.85. The van der Waals surface area contributed by atoms with Crippen LogP contribution >= 0.6 is 0 Å². The van der Waals surface area contributed by atoms with Gasteiger partial charge in [0.25, 0.3) is 0 Å². The van der Waals surface area contributed by atoms with Gasteiger partial charge in [-0.15, -0.1) is 5.56 Å². The summed E-state index contributed by atoms with van der Waals surface area (Å²) in [4.78, 5) is 0. The van der Waals surface area contributed by atoms with Crippen LogP contribution in [0.1, 0.15) is 5.56 Å². The van der Waals surface area contributed by atoms with Gasteiger partial charge in [0.05, 0.1) is 0 Å². The van der Waals surface area contributed by atoms with Crippen LogP contribution in [0.25, 0.3) is 0 Å². The third-order valence-electron chi connectivity index (χ3n) is 2.97. The SMILES string of the molecule is C[SiH](C)C1([c-]2cccc2)C=CC=C1.[CH3-].[CH3-].[CH3-].[Pt+4]. The minimum absolute atomic E-state index is 0. The molecule has 2 rings (SSSR count). The van der Waals surface area contributed by atoms with Gasteiger partial charge in [-0.2, -0.15) is 12.1 Å². The van der Waals surface area contributed by atoms with Gasteiger partial charge in [-0.25, -0.2) is 12.1 Å². The summed E-state index contributed by atoms with van der Waals surface area (Å²) in [6.07, 6.45) is 9.08. The first-order chi connectivity index (χ1) is 6.26. The van der Waals surface area contributed by atoms with Crippen molar-refractivity contribution >= 4 is 8.80 Å². The van der Waals surface area contributed by atoms with Crippen LogP contribution < -0.4 is 0 Å². The van der Waals surface area contributed by atoms with E-state index in [9.17, 15) is 0 Å². The third-order valence-corrected chi connectivity index (χ3v) is 5.60. The van der Waals surface area contributed by atoms with E-state index in [4.69, 9.17) is 0 Å². The number of allylic oxidation sites excluding steroid dienone is 4. The topological polar surface area (TPSA) is 0 Å². The van der Waals surface area contributed by atoms with Gasteiger partial charge < -0.3 is 22.3 Å². The predicted molar refractivity (Wildman–Crippen MR) is 80.1 cm³/mol. The third kappa shape index (κ3) is 3.86. The maximum absolute atomic E-state index is 2.41. The van der Waals surface area contributed by atoms with E-state index in [0.29, 0.717) is 5.04 Å². The van der Waals surface area contributed by atoms with Crippen molar-refractivity contribution in [3.63, 3.8) is 0 Å². The molecule has 1 aromatic carbocycles. The molecule has 0 amide bonds. The van der Waals surface area contributed by atoms with Crippen molar-refractivity contribution < 1.29 is 21.1 Å². The summed E-state index contributed by atoms with van der Waals surface area (Å²) in [5, 5.41) is 0.295. The molecule has 2 heteroatoms. The minimum atomic E-state index is -0.725. The minimum Gasteiger partial charge on any atom is -0.358 e. The number of rotatable bonds is 2. The maximum Gasteiger partial charge on any atom is 4.00 e. The van der Waals surface area contributed by atoms with E-state index in [2.05, 4.69) is 61.7 Å². The first-order valence-corrected chi connectivity index (χ1v) is 7.73. The molecule has 0 N–H and O–H groups in total. The normalized spacial score (nSPS) is 14.3. The van der Waals surface area contributed by atoms with E-state index in [1.165, 1.54) is 5.56 Å². The Kier molecular flexibility index (Phi) is 11.3. The molecule has 0 aromatic heterocycles. The Morgan fingerprint density at radius 2 is 1.29 bits per heavy atom. The largest absolute Gasteiger partial charge is 4.00 e. The van der Waals surface area contributed by atoms with Crippen LogP contribution in [0.3, 0.4) is 0 Å². The summed E-state index contributed by atoms with van der Waals surface area (Å²) in [7, 11) is -0.725. The van der Waals surface area contributed by atoms with Gasteiger partial charge >= 0.3 is 21.1 Å². The molecular weight excluding hydrogens is 403 g/mol. The van der Waals surface area contributed by atoms with E-state index < -0.39 is 8.80 Å². The van der Waals surface area contributed by atoms with E-state index in [-0.39, 0.29) is 43.3 Å². The molecule has 0 saturated carbocycles. The van der Waals surface area contributed by atoms with Crippen molar-refractivity contribution in [2.45, 2.75) is 18.1 Å². The zero-order valence-electron chi connectivity index (χ0n) is 11.5. The summed E-state index contributed by atoms with van der Waals surface area (Å²) >= 11 is 0. The molecule has 1 aliphatic carbocycles. The smallest absolute Gasteiger partial charge is 0.358 e. The van der Waals surface area contributed by atoms with Gasteiger partial charge in [0.15, 0.2) is 0 Å². The average Bonchev–Trinajstić information content (AvgIpc) is 2.75. The van der Waals surface area contributed by atoms with Crippen LogP contribution in [-0.2, 0) is 26.1 Å². The molecular formula is C15H24PtSi. The molecule has 0 heterocycles. The van der Waals surface area contributed by atoms with E-state index in [1.807, 2.05) is 0 Å². The van der Waals surface area contributed by atoms with Crippen LogP contribution in [0.2, 0.25) is 13.1 Å². The molecule has 0 spiro atoms. The van der Waals surface area contributed by atoms with E-state index in [0.717, 1.165) is 0 Å². The number of hydrogen-bond donors (Lipinski definition) is 0. The Balaban J connectivity index is -0.000000490. The zero-order chi connectivity index (χ0) is 9.31. The van der Waals surface area contributed by atoms with Crippen LogP contribution in [0.4, 0.5) is 0 Å². The predicted octanol–water partition coefficient (Wildman–Crippen LogP) is 4.14. The van der Waals surface area contributed by atoms with Crippen LogP contribution in [0, 0.1) is 22.3 Å². The Hall–Kier alpha value is -0.265. The zero-order valence-corrected chi connectivity index (χ0v) is 14.9. The average molecular weight is 428 g/mol. The molecule has 1 aromatic rings. The summed E-state index contributed by atoms with van der Waals surface area (Å²) in [6, 6.07) is 8.75. The van der Waals surface area contributed by atoms with Crippen molar-refractivity contribution in [1.82, 2.24) is 0 Å². The second kappa shape index (κ2) is 8.77. The van der Waals surface area contributed by atoms with E-state index >= 15 is 0 Å². The summed E-state index contributed by atoms with van der Waals surface area (Å²) in [5.74, 6) is 0. The van der Waals surface area contributed by atoms with Crippen molar-refractivity contribution in [3.8, 4) is 0 Å². The summed E-state index contributed by atoms with van der Waals surface area (Å²) in [6.45, 7) is 4.82. The molecule has 0 atom stereocenters. The van der Waals surface area contributed by atoms with Crippen LogP contribution in [-0.4, -0.2) is 8.80 Å². The van der Waals surface area contributed by atoms with Gasteiger partial charge in [-0.3, -0.25) is 0 Å². The van der Waals surface area contributed by atoms with Gasteiger partial charge in [0, 0.05) is 8.80 Å². The van der Waals surface area contributed by atoms with Crippen molar-refractivity contribution in [3.05, 3.63) is 76.4 Å². The molecule has 0 unspecified atom stereocenters. The molecule has 0 aliphatic heterocycles. The van der Waals surface area contributed by atoms with Crippen LogP contribution in [0.5, 0.6) is 0 Å². The van der Waals surface area contributed by atoms with Gasteiger partial charge in [0.1, 0.15) is 0 Å². The second-order valence-electron chi connectivity index (χ2n) is 3.98. The molecule has 0 bridgehead atoms. The van der Waals surface area contributed by atoms with Crippen LogP contribution in [0.15, 0.2) is 48.6 Å². The van der Waals surface area contributed by atoms with Crippen molar-refractivity contribution in [2.75, 3.05) is 0 Å². The first kappa shape index (κ1) is 22.0. The fraction of sp³-hybridized carbons (Fsp3) is 0.200. The van der Waals surface area contributed by atoms with Crippen molar-refractivity contribution in [1.29, 1.82) is 0 Å². The van der Waals surface area contributed by atoms with Gasteiger partial charge in [-0.1, -0.05) is 37.4 Å². The molecule has 0 nitrogen and oxygen atoms in total. The van der Waals surface area contributed by atoms with E-state index in [1.54, 1.807) is 0 Å². The Morgan fingerprint density at radius 1 is 0.882 bits per heavy atom. The summed E-state index contributed by atoms with van der Waals surface area (Å²) < 4.78 is 0. The standard InChI is InChI=1S/C12H15Si.3CH3.Pt/c1-13(2)12(9-5-6-10-12)11-7-3-4-8-11;;;;/h3-10,13H,1-2H3;3*1H3;/q4*-1;+4. The van der Waals surface area contributed by atoms with Crippen molar-refractivity contribution in [2.24, 2.45) is 0 Å². The fourth-order valence-corrected chi connectivity index (χ4v) is 3.91. The summed E-state index contributed by atoms with van der Waals surface area (Å²) in [5.41, 5.74) is 1.47. The Bertz CT molecular complexity index is 322. The van der Waals surface area contributed by atoms with Gasteiger partial charge in [-0.05, 0) is 5.04 Å².